The number of Topliss-reactive ketones (excluding diaryl/α,β-unsaturated/α-hetero) is 1. The average Bonchev–Trinajstić information content (AvgIpc) is 2.97. The molecule has 0 heterocycles. The summed E-state index contributed by atoms with van der Waals surface area (Å²) in [6, 6.07) is 0. The Labute approximate surface area is 146 Å². The highest BCUT2D eigenvalue weighted by Gasteiger charge is 2.64. The van der Waals surface area contributed by atoms with Gasteiger partial charge in [-0.15, -0.1) is 0 Å². The van der Waals surface area contributed by atoms with Gasteiger partial charge in [0.2, 0.25) is 0 Å². The minimum absolute atomic E-state index is 0.0506. The van der Waals surface area contributed by atoms with Crippen LogP contribution in [0.15, 0.2) is 0 Å². The van der Waals surface area contributed by atoms with Crippen molar-refractivity contribution in [2.45, 2.75) is 90.1 Å². The van der Waals surface area contributed by atoms with Gasteiger partial charge in [0.05, 0.1) is 6.10 Å². The monoisotopic (exact) mass is 330 g/mol. The predicted octanol–water partition coefficient (Wildman–Crippen LogP) is 4.74. The van der Waals surface area contributed by atoms with Gasteiger partial charge in [0.15, 0.2) is 0 Å². The number of aliphatic hydroxyl groups is 1. The fraction of sp³-hybridized carbons (Fsp3) is 0.955. The summed E-state index contributed by atoms with van der Waals surface area (Å²) < 4.78 is 0. The summed E-state index contributed by atoms with van der Waals surface area (Å²) in [7, 11) is 0. The Bertz CT molecular complexity index is 542. The number of hydrogen-bond donors (Lipinski definition) is 1. The number of ketones is 1. The molecule has 1 spiro atoms. The quantitative estimate of drug-likeness (QED) is 0.696. The molecule has 5 aliphatic carbocycles. The van der Waals surface area contributed by atoms with E-state index in [1.165, 1.54) is 51.4 Å². The van der Waals surface area contributed by atoms with Crippen LogP contribution in [0.25, 0.3) is 0 Å². The summed E-state index contributed by atoms with van der Waals surface area (Å²) in [5.41, 5.74) is 0.552. The lowest BCUT2D eigenvalue weighted by Crippen LogP contribution is -2.57. The van der Waals surface area contributed by atoms with Gasteiger partial charge >= 0.3 is 0 Å². The average molecular weight is 331 g/mol. The van der Waals surface area contributed by atoms with Gasteiger partial charge < -0.3 is 5.11 Å². The molecular weight excluding hydrogens is 296 g/mol. The number of fused-ring (bicyclic) bond motifs is 4. The number of carbonyl (C=O) groups is 1. The summed E-state index contributed by atoms with van der Waals surface area (Å²) >= 11 is 0. The molecule has 1 N–H and O–H groups in total. The zero-order valence-electron chi connectivity index (χ0n) is 15.3. The first-order valence-corrected chi connectivity index (χ1v) is 10.8. The standard InChI is InChI=1S/C22H34O2/c1-21-11-9-16(23)13-15(21)5-7-17-18(21)10-12-22-14(6-8-19(17)22)3-2-4-20(22)24/h14-19,23H,2-13H2,1H3/t14-,15+,16+,17?,18?,19?,21-,22+/m0/s1. The Morgan fingerprint density at radius 3 is 2.62 bits per heavy atom. The van der Waals surface area contributed by atoms with Gasteiger partial charge in [0.1, 0.15) is 5.78 Å². The molecular formula is C22H34O2. The van der Waals surface area contributed by atoms with Crippen LogP contribution in [0.2, 0.25) is 0 Å². The molecule has 0 aliphatic heterocycles. The number of carbonyl (C=O) groups excluding carboxylic acids is 1. The second kappa shape index (κ2) is 5.32. The zero-order chi connectivity index (χ0) is 16.5. The summed E-state index contributed by atoms with van der Waals surface area (Å²) in [5, 5.41) is 10.2. The molecule has 5 rings (SSSR count). The molecule has 0 bridgehead atoms. The van der Waals surface area contributed by atoms with Crippen LogP contribution in [-0.2, 0) is 4.79 Å². The molecule has 0 amide bonds. The van der Waals surface area contributed by atoms with Crippen LogP contribution in [0, 0.1) is 40.4 Å². The molecule has 0 saturated heterocycles. The topological polar surface area (TPSA) is 37.3 Å². The molecule has 0 radical (unpaired) electrons. The lowest BCUT2D eigenvalue weighted by molar-refractivity contribution is -0.158. The van der Waals surface area contributed by atoms with Gasteiger partial charge in [-0.1, -0.05) is 6.92 Å². The van der Waals surface area contributed by atoms with Crippen LogP contribution in [0.5, 0.6) is 0 Å². The van der Waals surface area contributed by atoms with Crippen molar-refractivity contribution in [2.75, 3.05) is 0 Å². The van der Waals surface area contributed by atoms with Crippen molar-refractivity contribution < 1.29 is 9.90 Å². The van der Waals surface area contributed by atoms with Gasteiger partial charge in [-0.05, 0) is 106 Å². The minimum atomic E-state index is -0.0506. The summed E-state index contributed by atoms with van der Waals surface area (Å²) in [6.07, 6.45) is 14.4. The highest BCUT2D eigenvalue weighted by atomic mass is 16.3. The van der Waals surface area contributed by atoms with Crippen LogP contribution in [0.3, 0.4) is 0 Å². The van der Waals surface area contributed by atoms with Crippen molar-refractivity contribution in [3.05, 3.63) is 0 Å². The third-order valence-electron chi connectivity index (χ3n) is 9.80. The van der Waals surface area contributed by atoms with Crippen LogP contribution >= 0.6 is 0 Å². The molecule has 0 aromatic heterocycles. The van der Waals surface area contributed by atoms with E-state index in [0.717, 1.165) is 49.4 Å². The minimum Gasteiger partial charge on any atom is -0.393 e. The molecule has 5 saturated carbocycles. The number of hydrogen-bond acceptors (Lipinski definition) is 2. The maximum absolute atomic E-state index is 13.1. The van der Waals surface area contributed by atoms with Crippen molar-refractivity contribution in [3.63, 3.8) is 0 Å². The van der Waals surface area contributed by atoms with E-state index in [-0.39, 0.29) is 11.5 Å². The highest BCUT2D eigenvalue weighted by molar-refractivity contribution is 5.86. The van der Waals surface area contributed by atoms with Crippen molar-refractivity contribution in [2.24, 2.45) is 40.4 Å². The van der Waals surface area contributed by atoms with Crippen molar-refractivity contribution in [1.29, 1.82) is 0 Å². The summed E-state index contributed by atoms with van der Waals surface area (Å²) in [4.78, 5) is 13.1. The summed E-state index contributed by atoms with van der Waals surface area (Å²) in [5.74, 6) is 4.46. The molecule has 2 heteroatoms. The summed E-state index contributed by atoms with van der Waals surface area (Å²) in [6.45, 7) is 2.55. The third kappa shape index (κ3) is 1.90. The number of aliphatic hydroxyl groups excluding tert-OH is 1. The Hall–Kier alpha value is -0.370. The van der Waals surface area contributed by atoms with E-state index in [1.54, 1.807) is 0 Å². The molecule has 5 aliphatic rings. The predicted molar refractivity (Wildman–Crippen MR) is 94.4 cm³/mol. The van der Waals surface area contributed by atoms with Crippen molar-refractivity contribution in [1.82, 2.24) is 0 Å². The smallest absolute Gasteiger partial charge is 0.139 e. The maximum atomic E-state index is 13.1. The van der Waals surface area contributed by atoms with E-state index in [4.69, 9.17) is 0 Å². The third-order valence-corrected chi connectivity index (χ3v) is 9.80. The van der Waals surface area contributed by atoms with Crippen molar-refractivity contribution >= 4 is 5.78 Å². The molecule has 0 aromatic rings. The van der Waals surface area contributed by atoms with E-state index in [9.17, 15) is 9.90 Å². The molecule has 2 nitrogen and oxygen atoms in total. The van der Waals surface area contributed by atoms with Gasteiger partial charge in [-0.3, -0.25) is 4.79 Å². The zero-order valence-corrected chi connectivity index (χ0v) is 15.3. The van der Waals surface area contributed by atoms with E-state index in [0.29, 0.717) is 17.1 Å². The molecule has 3 unspecified atom stereocenters. The first-order valence-electron chi connectivity index (χ1n) is 10.8. The lowest BCUT2D eigenvalue weighted by atomic mass is 9.43. The van der Waals surface area contributed by atoms with Gasteiger partial charge in [-0.25, -0.2) is 0 Å². The van der Waals surface area contributed by atoms with Gasteiger partial charge in [-0.2, -0.15) is 0 Å². The largest absolute Gasteiger partial charge is 0.393 e. The van der Waals surface area contributed by atoms with Crippen LogP contribution in [0.1, 0.15) is 84.0 Å². The first kappa shape index (κ1) is 15.9. The Morgan fingerprint density at radius 1 is 0.917 bits per heavy atom. The van der Waals surface area contributed by atoms with Crippen LogP contribution < -0.4 is 0 Å². The first-order chi connectivity index (χ1) is 11.6. The fourth-order valence-corrected chi connectivity index (χ4v) is 8.74. The molecule has 134 valence electrons. The van der Waals surface area contributed by atoms with Crippen molar-refractivity contribution in [3.8, 4) is 0 Å². The fourth-order valence-electron chi connectivity index (χ4n) is 8.74. The Morgan fingerprint density at radius 2 is 1.75 bits per heavy atom. The molecule has 5 fully saturated rings. The van der Waals surface area contributed by atoms with Crippen LogP contribution in [0.4, 0.5) is 0 Å². The van der Waals surface area contributed by atoms with E-state index >= 15 is 0 Å². The van der Waals surface area contributed by atoms with Crippen LogP contribution in [-0.4, -0.2) is 17.0 Å². The molecule has 0 aromatic carbocycles. The normalized spacial score (nSPS) is 56.8. The maximum Gasteiger partial charge on any atom is 0.139 e. The van der Waals surface area contributed by atoms with E-state index in [1.807, 2.05) is 0 Å². The molecule has 8 atom stereocenters. The Kier molecular flexibility index (Phi) is 3.51. The van der Waals surface area contributed by atoms with E-state index in [2.05, 4.69) is 6.92 Å². The second-order valence-corrected chi connectivity index (χ2v) is 10.3. The number of rotatable bonds is 0. The van der Waals surface area contributed by atoms with Gasteiger partial charge in [0, 0.05) is 11.8 Å². The Balaban J connectivity index is 1.48. The SMILES string of the molecule is C[C@]12CC[C@@H](O)C[C@H]1CCC1C3CC[C@@H]4CCCC(=O)[C@@]34CCC12. The van der Waals surface area contributed by atoms with Gasteiger partial charge in [0.25, 0.3) is 0 Å². The highest BCUT2D eigenvalue weighted by Crippen LogP contribution is 2.69. The van der Waals surface area contributed by atoms with E-state index < -0.39 is 0 Å². The second-order valence-electron chi connectivity index (χ2n) is 10.3. The lowest BCUT2D eigenvalue weighted by Gasteiger charge is -2.61. The molecule has 24 heavy (non-hydrogen) atoms.